The first-order chi connectivity index (χ1) is 11.3. The van der Waals surface area contributed by atoms with Crippen molar-refractivity contribution in [2.45, 2.75) is 25.8 Å². The first-order valence-corrected chi connectivity index (χ1v) is 7.37. The first kappa shape index (κ1) is 17.6. The van der Waals surface area contributed by atoms with Crippen LogP contribution in [-0.2, 0) is 22.4 Å². The molecule has 2 aromatic rings. The van der Waals surface area contributed by atoms with Gasteiger partial charge in [-0.05, 0) is 30.2 Å². The molecule has 0 aliphatic rings. The lowest BCUT2D eigenvalue weighted by atomic mass is 10.0. The van der Waals surface area contributed by atoms with Crippen molar-refractivity contribution in [1.29, 1.82) is 0 Å². The summed E-state index contributed by atoms with van der Waals surface area (Å²) in [5, 5.41) is 11.7. The van der Waals surface area contributed by atoms with Gasteiger partial charge in [0.05, 0.1) is 6.42 Å². The fraction of sp³-hybridized carbons (Fsp3) is 0.222. The lowest BCUT2D eigenvalue weighted by Crippen LogP contribution is -2.43. The van der Waals surface area contributed by atoms with Crippen LogP contribution in [0.4, 0.5) is 8.78 Å². The van der Waals surface area contributed by atoms with Gasteiger partial charge in [0, 0.05) is 6.42 Å². The van der Waals surface area contributed by atoms with Crippen LogP contribution in [-0.4, -0.2) is 23.0 Å². The van der Waals surface area contributed by atoms with Gasteiger partial charge < -0.3 is 10.4 Å². The number of amides is 1. The molecule has 0 unspecified atom stereocenters. The molecule has 1 amide bonds. The molecule has 0 aromatic heterocycles. The number of carbonyl (C=O) groups is 2. The van der Waals surface area contributed by atoms with Crippen LogP contribution in [0.15, 0.2) is 42.5 Å². The van der Waals surface area contributed by atoms with E-state index in [0.717, 1.165) is 23.3 Å². The maximum absolute atomic E-state index is 13.1. The van der Waals surface area contributed by atoms with Crippen molar-refractivity contribution in [3.8, 4) is 0 Å². The van der Waals surface area contributed by atoms with Gasteiger partial charge in [-0.25, -0.2) is 13.6 Å². The van der Waals surface area contributed by atoms with Crippen LogP contribution in [0.3, 0.4) is 0 Å². The molecule has 0 bridgehead atoms. The number of halogens is 2. The third kappa shape index (κ3) is 4.87. The Kier molecular flexibility index (Phi) is 5.63. The smallest absolute Gasteiger partial charge is 0.326 e. The zero-order valence-corrected chi connectivity index (χ0v) is 13.1. The number of rotatable bonds is 6. The van der Waals surface area contributed by atoms with Gasteiger partial charge in [0.2, 0.25) is 5.91 Å². The monoisotopic (exact) mass is 333 g/mol. The highest BCUT2D eigenvalue weighted by Gasteiger charge is 2.20. The fourth-order valence-corrected chi connectivity index (χ4v) is 2.24. The second-order valence-electron chi connectivity index (χ2n) is 5.57. The van der Waals surface area contributed by atoms with Crippen molar-refractivity contribution in [2.24, 2.45) is 0 Å². The molecule has 0 radical (unpaired) electrons. The zero-order chi connectivity index (χ0) is 17.7. The Morgan fingerprint density at radius 1 is 1.04 bits per heavy atom. The first-order valence-electron chi connectivity index (χ1n) is 7.37. The number of carbonyl (C=O) groups excluding carboxylic acids is 1. The summed E-state index contributed by atoms with van der Waals surface area (Å²) in [5.41, 5.74) is 2.10. The molecule has 4 nitrogen and oxygen atoms in total. The number of hydrogen-bond donors (Lipinski definition) is 2. The summed E-state index contributed by atoms with van der Waals surface area (Å²) in [6, 6.07) is 9.36. The Morgan fingerprint density at radius 2 is 1.67 bits per heavy atom. The summed E-state index contributed by atoms with van der Waals surface area (Å²) in [5.74, 6) is -3.77. The number of nitrogens with one attached hydrogen (secondary N) is 1. The number of benzene rings is 2. The lowest BCUT2D eigenvalue weighted by Gasteiger charge is -2.15. The van der Waals surface area contributed by atoms with E-state index in [4.69, 9.17) is 0 Å². The van der Waals surface area contributed by atoms with Crippen LogP contribution in [0.5, 0.6) is 0 Å². The third-order valence-electron chi connectivity index (χ3n) is 3.54. The maximum Gasteiger partial charge on any atom is 0.326 e. The van der Waals surface area contributed by atoms with Gasteiger partial charge in [0.1, 0.15) is 6.04 Å². The highest BCUT2D eigenvalue weighted by molar-refractivity contribution is 5.85. The van der Waals surface area contributed by atoms with Crippen LogP contribution < -0.4 is 5.32 Å². The Hall–Kier alpha value is -2.76. The highest BCUT2D eigenvalue weighted by Crippen LogP contribution is 2.10. The summed E-state index contributed by atoms with van der Waals surface area (Å²) >= 11 is 0. The minimum atomic E-state index is -1.16. The molecule has 0 spiro atoms. The van der Waals surface area contributed by atoms with Gasteiger partial charge >= 0.3 is 5.97 Å². The second-order valence-corrected chi connectivity index (χ2v) is 5.57. The molecule has 0 aliphatic carbocycles. The average Bonchev–Trinajstić information content (AvgIpc) is 2.52. The Labute approximate surface area is 138 Å². The van der Waals surface area contributed by atoms with Crippen molar-refractivity contribution in [3.63, 3.8) is 0 Å². The summed E-state index contributed by atoms with van der Waals surface area (Å²) in [6.45, 7) is 1.92. The summed E-state index contributed by atoms with van der Waals surface area (Å²) in [6.07, 6.45) is -0.0893. The Morgan fingerprint density at radius 3 is 2.25 bits per heavy atom. The molecular weight excluding hydrogens is 316 g/mol. The third-order valence-corrected chi connectivity index (χ3v) is 3.54. The standard InChI is InChI=1S/C18H17F2NO3/c1-11-2-4-12(5-3-11)9-16(18(23)24)21-17(22)10-13-6-7-14(19)15(20)8-13/h2-8,16H,9-10H2,1H3,(H,21,22)(H,23,24)/t16-/m0/s1. The predicted octanol–water partition coefficient (Wildman–Crippen LogP) is 2.63. The molecule has 2 aromatic carbocycles. The van der Waals surface area contributed by atoms with E-state index in [1.807, 2.05) is 19.1 Å². The van der Waals surface area contributed by atoms with Crippen LogP contribution >= 0.6 is 0 Å². The largest absolute Gasteiger partial charge is 0.480 e. The Balaban J connectivity index is 2.01. The van der Waals surface area contributed by atoms with Crippen LogP contribution in [0.25, 0.3) is 0 Å². The SMILES string of the molecule is Cc1ccc(C[C@H](NC(=O)Cc2ccc(F)c(F)c2)C(=O)O)cc1. The zero-order valence-electron chi connectivity index (χ0n) is 13.1. The predicted molar refractivity (Wildman–Crippen MR) is 84.5 cm³/mol. The molecule has 0 saturated heterocycles. The van der Waals surface area contributed by atoms with Gasteiger partial charge in [-0.1, -0.05) is 35.9 Å². The minimum Gasteiger partial charge on any atom is -0.480 e. The van der Waals surface area contributed by atoms with E-state index >= 15 is 0 Å². The van der Waals surface area contributed by atoms with E-state index in [2.05, 4.69) is 5.32 Å². The molecule has 126 valence electrons. The number of carboxylic acid groups (broad SMARTS) is 1. The highest BCUT2D eigenvalue weighted by atomic mass is 19.2. The van der Waals surface area contributed by atoms with Crippen LogP contribution in [0, 0.1) is 18.6 Å². The second kappa shape index (κ2) is 7.68. The molecule has 1 atom stereocenters. The van der Waals surface area contributed by atoms with E-state index < -0.39 is 29.6 Å². The average molecular weight is 333 g/mol. The van der Waals surface area contributed by atoms with Crippen molar-refractivity contribution < 1.29 is 23.5 Å². The number of aryl methyl sites for hydroxylation is 1. The van der Waals surface area contributed by atoms with Crippen molar-refractivity contribution in [2.75, 3.05) is 0 Å². The summed E-state index contributed by atoms with van der Waals surface area (Å²) < 4.78 is 26.0. The molecule has 0 heterocycles. The van der Waals surface area contributed by atoms with Gasteiger partial charge in [0.15, 0.2) is 11.6 Å². The number of hydrogen-bond acceptors (Lipinski definition) is 2. The van der Waals surface area contributed by atoms with Crippen molar-refractivity contribution >= 4 is 11.9 Å². The van der Waals surface area contributed by atoms with E-state index in [-0.39, 0.29) is 18.4 Å². The van der Waals surface area contributed by atoms with E-state index in [0.29, 0.717) is 0 Å². The quantitative estimate of drug-likeness (QED) is 0.854. The maximum atomic E-state index is 13.1. The van der Waals surface area contributed by atoms with Gasteiger partial charge in [-0.3, -0.25) is 4.79 Å². The van der Waals surface area contributed by atoms with E-state index in [9.17, 15) is 23.5 Å². The number of aliphatic carboxylic acids is 1. The lowest BCUT2D eigenvalue weighted by molar-refractivity contribution is -0.141. The van der Waals surface area contributed by atoms with Gasteiger partial charge in [0.25, 0.3) is 0 Å². The number of carboxylic acids is 1. The van der Waals surface area contributed by atoms with E-state index in [1.165, 1.54) is 6.07 Å². The molecule has 6 heteroatoms. The van der Waals surface area contributed by atoms with Crippen LogP contribution in [0.2, 0.25) is 0 Å². The normalized spacial score (nSPS) is 11.8. The van der Waals surface area contributed by atoms with Crippen molar-refractivity contribution in [3.05, 3.63) is 70.8 Å². The van der Waals surface area contributed by atoms with Gasteiger partial charge in [-0.2, -0.15) is 0 Å². The summed E-state index contributed by atoms with van der Waals surface area (Å²) in [4.78, 5) is 23.3. The van der Waals surface area contributed by atoms with Crippen molar-refractivity contribution in [1.82, 2.24) is 5.32 Å². The topological polar surface area (TPSA) is 66.4 Å². The Bertz CT molecular complexity index is 744. The summed E-state index contributed by atoms with van der Waals surface area (Å²) in [7, 11) is 0. The van der Waals surface area contributed by atoms with Gasteiger partial charge in [-0.15, -0.1) is 0 Å². The van der Waals surface area contributed by atoms with Crippen LogP contribution in [0.1, 0.15) is 16.7 Å². The molecule has 24 heavy (non-hydrogen) atoms. The molecular formula is C18H17F2NO3. The molecule has 2 N–H and O–H groups in total. The molecule has 2 rings (SSSR count). The fourth-order valence-electron chi connectivity index (χ4n) is 2.24. The van der Waals surface area contributed by atoms with E-state index in [1.54, 1.807) is 12.1 Å². The molecule has 0 saturated carbocycles. The molecule has 0 aliphatic heterocycles. The minimum absolute atomic E-state index is 0.138. The molecule has 0 fully saturated rings.